The van der Waals surface area contributed by atoms with Crippen LogP contribution in [0.1, 0.15) is 31.2 Å². The predicted octanol–water partition coefficient (Wildman–Crippen LogP) is 1.58. The second kappa shape index (κ2) is 7.31. The lowest BCUT2D eigenvalue weighted by Crippen LogP contribution is -2.43. The molecule has 1 amide bonds. The predicted molar refractivity (Wildman–Crippen MR) is 81.3 cm³/mol. The fourth-order valence-electron chi connectivity index (χ4n) is 2.55. The second-order valence-electron chi connectivity index (χ2n) is 5.69. The van der Waals surface area contributed by atoms with Crippen LogP contribution in [0.4, 0.5) is 0 Å². The summed E-state index contributed by atoms with van der Waals surface area (Å²) < 4.78 is 4.99. The number of carbonyl (C=O) groups is 1. The monoisotopic (exact) mass is 292 g/mol. The van der Waals surface area contributed by atoms with E-state index in [0.717, 1.165) is 12.0 Å². The third-order valence-corrected chi connectivity index (χ3v) is 4.10. The lowest BCUT2D eigenvalue weighted by Gasteiger charge is -2.27. The molecule has 1 saturated carbocycles. The Balaban J connectivity index is 1.72. The average Bonchev–Trinajstić information content (AvgIpc) is 2.42. The first-order valence-corrected chi connectivity index (χ1v) is 7.49. The standard InChI is InChI=1S/C16H24N2O3/c1-21-15-6-5-12(10-14(15)19)7-8-18-16(20)13(17)9-11-3-2-4-11/h5-6,10-11,13,19H,2-4,7-9,17H2,1H3,(H,18,20)/t13-/m1/s1. The number of aromatic hydroxyl groups is 1. The molecule has 1 aliphatic rings. The van der Waals surface area contributed by atoms with Crippen molar-refractivity contribution in [3.8, 4) is 11.5 Å². The van der Waals surface area contributed by atoms with E-state index in [9.17, 15) is 9.90 Å². The van der Waals surface area contributed by atoms with Crippen molar-refractivity contribution in [1.82, 2.24) is 5.32 Å². The van der Waals surface area contributed by atoms with Crippen molar-refractivity contribution >= 4 is 5.91 Å². The SMILES string of the molecule is COc1ccc(CCNC(=O)[C@H](N)CC2CCC2)cc1O. The summed E-state index contributed by atoms with van der Waals surface area (Å²) >= 11 is 0. The highest BCUT2D eigenvalue weighted by molar-refractivity contribution is 5.81. The molecule has 0 unspecified atom stereocenters. The van der Waals surface area contributed by atoms with Crippen molar-refractivity contribution < 1.29 is 14.6 Å². The summed E-state index contributed by atoms with van der Waals surface area (Å²) in [6.45, 7) is 0.517. The molecule has 0 spiro atoms. The zero-order valence-corrected chi connectivity index (χ0v) is 12.5. The van der Waals surface area contributed by atoms with Gasteiger partial charge in [-0.3, -0.25) is 4.79 Å². The number of rotatable bonds is 7. The molecule has 0 aromatic heterocycles. The quantitative estimate of drug-likeness (QED) is 0.712. The summed E-state index contributed by atoms with van der Waals surface area (Å²) in [5.74, 6) is 1.11. The highest BCUT2D eigenvalue weighted by Crippen LogP contribution is 2.30. The van der Waals surface area contributed by atoms with Crippen molar-refractivity contribution in [1.29, 1.82) is 0 Å². The molecular weight excluding hydrogens is 268 g/mol. The molecule has 1 aliphatic carbocycles. The molecular formula is C16H24N2O3. The van der Waals surface area contributed by atoms with E-state index >= 15 is 0 Å². The van der Waals surface area contributed by atoms with E-state index in [4.69, 9.17) is 10.5 Å². The Morgan fingerprint density at radius 1 is 1.52 bits per heavy atom. The Hall–Kier alpha value is -1.75. The van der Waals surface area contributed by atoms with Gasteiger partial charge in [-0.2, -0.15) is 0 Å². The Morgan fingerprint density at radius 2 is 2.29 bits per heavy atom. The van der Waals surface area contributed by atoms with Crippen LogP contribution in [-0.4, -0.2) is 30.7 Å². The number of hydrogen-bond acceptors (Lipinski definition) is 4. The summed E-state index contributed by atoms with van der Waals surface area (Å²) in [6, 6.07) is 4.84. The number of ether oxygens (including phenoxy) is 1. The lowest BCUT2D eigenvalue weighted by molar-refractivity contribution is -0.122. The Kier molecular flexibility index (Phi) is 5.44. The first kappa shape index (κ1) is 15.6. The third kappa shape index (κ3) is 4.36. The zero-order chi connectivity index (χ0) is 15.2. The van der Waals surface area contributed by atoms with Gasteiger partial charge in [-0.05, 0) is 36.5 Å². The van der Waals surface area contributed by atoms with Crippen LogP contribution in [0.3, 0.4) is 0 Å². The normalized spacial score (nSPS) is 16.1. The largest absolute Gasteiger partial charge is 0.504 e. The minimum atomic E-state index is -0.403. The number of amides is 1. The summed E-state index contributed by atoms with van der Waals surface area (Å²) in [6.07, 6.45) is 5.10. The van der Waals surface area contributed by atoms with E-state index in [1.54, 1.807) is 12.1 Å². The molecule has 1 aromatic carbocycles. The van der Waals surface area contributed by atoms with Crippen LogP contribution >= 0.6 is 0 Å². The number of phenols is 1. The highest BCUT2D eigenvalue weighted by Gasteiger charge is 2.23. The van der Waals surface area contributed by atoms with Crippen molar-refractivity contribution in [3.05, 3.63) is 23.8 Å². The maximum atomic E-state index is 11.9. The molecule has 1 atom stereocenters. The Bertz CT molecular complexity index is 486. The van der Waals surface area contributed by atoms with E-state index in [1.807, 2.05) is 6.07 Å². The zero-order valence-electron chi connectivity index (χ0n) is 12.5. The molecule has 2 rings (SSSR count). The first-order chi connectivity index (χ1) is 10.1. The van der Waals surface area contributed by atoms with E-state index in [-0.39, 0.29) is 11.7 Å². The fourth-order valence-corrected chi connectivity index (χ4v) is 2.55. The Labute approximate surface area is 125 Å². The van der Waals surface area contributed by atoms with Crippen LogP contribution in [-0.2, 0) is 11.2 Å². The van der Waals surface area contributed by atoms with E-state index in [2.05, 4.69) is 5.32 Å². The van der Waals surface area contributed by atoms with Gasteiger partial charge in [0.1, 0.15) is 0 Å². The van der Waals surface area contributed by atoms with E-state index in [1.165, 1.54) is 26.4 Å². The van der Waals surface area contributed by atoms with Gasteiger partial charge in [0.15, 0.2) is 11.5 Å². The Morgan fingerprint density at radius 3 is 2.86 bits per heavy atom. The fraction of sp³-hybridized carbons (Fsp3) is 0.562. The summed E-state index contributed by atoms with van der Waals surface area (Å²) in [5.41, 5.74) is 6.85. The van der Waals surface area contributed by atoms with Gasteiger partial charge in [-0.25, -0.2) is 0 Å². The van der Waals surface area contributed by atoms with Crippen molar-refractivity contribution in [3.63, 3.8) is 0 Å². The minimum absolute atomic E-state index is 0.0837. The smallest absolute Gasteiger partial charge is 0.236 e. The second-order valence-corrected chi connectivity index (χ2v) is 5.69. The van der Waals surface area contributed by atoms with Crippen molar-refractivity contribution in [2.24, 2.45) is 11.7 Å². The van der Waals surface area contributed by atoms with Gasteiger partial charge in [-0.15, -0.1) is 0 Å². The molecule has 5 nitrogen and oxygen atoms in total. The minimum Gasteiger partial charge on any atom is -0.504 e. The van der Waals surface area contributed by atoms with Crippen LogP contribution in [0.15, 0.2) is 18.2 Å². The van der Waals surface area contributed by atoms with E-state index < -0.39 is 6.04 Å². The van der Waals surface area contributed by atoms with Gasteiger partial charge in [0.2, 0.25) is 5.91 Å². The summed E-state index contributed by atoms with van der Waals surface area (Å²) in [7, 11) is 1.51. The lowest BCUT2D eigenvalue weighted by atomic mass is 9.81. The molecule has 0 radical (unpaired) electrons. The topological polar surface area (TPSA) is 84.6 Å². The maximum absolute atomic E-state index is 11.9. The highest BCUT2D eigenvalue weighted by atomic mass is 16.5. The van der Waals surface area contributed by atoms with Gasteiger partial charge in [-0.1, -0.05) is 25.3 Å². The molecule has 0 bridgehead atoms. The number of phenolic OH excluding ortho intramolecular Hbond substituents is 1. The van der Waals surface area contributed by atoms with Gasteiger partial charge < -0.3 is 20.9 Å². The number of methoxy groups -OCH3 is 1. The van der Waals surface area contributed by atoms with Gasteiger partial charge in [0.05, 0.1) is 13.2 Å². The summed E-state index contributed by atoms with van der Waals surface area (Å²) in [4.78, 5) is 11.9. The van der Waals surface area contributed by atoms with Gasteiger partial charge >= 0.3 is 0 Å². The maximum Gasteiger partial charge on any atom is 0.236 e. The van der Waals surface area contributed by atoms with Crippen LogP contribution in [0.5, 0.6) is 11.5 Å². The third-order valence-electron chi connectivity index (χ3n) is 4.10. The molecule has 1 aromatic rings. The molecule has 0 saturated heterocycles. The van der Waals surface area contributed by atoms with Crippen molar-refractivity contribution in [2.45, 2.75) is 38.1 Å². The molecule has 116 valence electrons. The number of nitrogens with two attached hydrogens (primary N) is 1. The van der Waals surface area contributed by atoms with E-state index in [0.29, 0.717) is 24.6 Å². The van der Waals surface area contributed by atoms with Crippen LogP contribution in [0.25, 0.3) is 0 Å². The van der Waals surface area contributed by atoms with Crippen LogP contribution in [0, 0.1) is 5.92 Å². The molecule has 4 N–H and O–H groups in total. The first-order valence-electron chi connectivity index (χ1n) is 7.49. The summed E-state index contributed by atoms with van der Waals surface area (Å²) in [5, 5.41) is 12.5. The molecule has 0 heterocycles. The molecule has 5 heteroatoms. The van der Waals surface area contributed by atoms with Crippen molar-refractivity contribution in [2.75, 3.05) is 13.7 Å². The number of nitrogens with one attached hydrogen (secondary N) is 1. The average molecular weight is 292 g/mol. The molecule has 1 fully saturated rings. The number of hydrogen-bond donors (Lipinski definition) is 3. The number of benzene rings is 1. The van der Waals surface area contributed by atoms with Crippen LogP contribution < -0.4 is 15.8 Å². The molecule has 0 aliphatic heterocycles. The number of carbonyl (C=O) groups excluding carboxylic acids is 1. The van der Waals surface area contributed by atoms with Crippen LogP contribution in [0.2, 0.25) is 0 Å². The van der Waals surface area contributed by atoms with Gasteiger partial charge in [0.25, 0.3) is 0 Å². The van der Waals surface area contributed by atoms with Gasteiger partial charge in [0, 0.05) is 6.54 Å². The molecule has 21 heavy (non-hydrogen) atoms.